The molecule has 3 rings (SSSR count). The second kappa shape index (κ2) is 16.0. The molecule has 15 radical (unpaired) electrons. The monoisotopic (exact) mass is 583 g/mol. The van der Waals surface area contributed by atoms with Crippen LogP contribution < -0.4 is 0 Å². The molecule has 0 spiro atoms. The van der Waals surface area contributed by atoms with Gasteiger partial charge >= 0.3 is 15.6 Å². The van der Waals surface area contributed by atoms with Gasteiger partial charge in [0.25, 0.3) is 0 Å². The van der Waals surface area contributed by atoms with E-state index in [-0.39, 0.29) is 31.1 Å². The molecule has 0 amide bonds. The molecule has 0 bridgehead atoms. The zero-order valence-corrected chi connectivity index (χ0v) is 17.4. The van der Waals surface area contributed by atoms with E-state index in [0.717, 1.165) is 0 Å². The first-order chi connectivity index (χ1) is 10.8. The van der Waals surface area contributed by atoms with Crippen LogP contribution in [0.15, 0.2) is 0 Å². The standard InChI is InChI=1S/3C5H5.CHF3O3S.U/c3*1-2-4-5-3-1;2-1(3,4)8(5,6)7;/h3*1-5H;(H,5,6,7);. The van der Waals surface area contributed by atoms with Crippen molar-refractivity contribution in [2.24, 2.45) is 0 Å². The maximum absolute atomic E-state index is 10.7. The minimum Gasteiger partial charge on any atom is -0.279 e. The zero-order valence-electron chi connectivity index (χ0n) is 12.5. The molecule has 0 unspecified atom stereocenters. The van der Waals surface area contributed by atoms with Crippen LogP contribution in [0.5, 0.6) is 0 Å². The van der Waals surface area contributed by atoms with Crippen molar-refractivity contribution in [3.8, 4) is 0 Å². The van der Waals surface area contributed by atoms with Crippen LogP contribution in [0.2, 0.25) is 0 Å². The summed E-state index contributed by atoms with van der Waals surface area (Å²) in [5, 5.41) is 0. The van der Waals surface area contributed by atoms with Gasteiger partial charge in [0.1, 0.15) is 0 Å². The van der Waals surface area contributed by atoms with Gasteiger partial charge in [-0.2, -0.15) is 21.6 Å². The summed E-state index contributed by atoms with van der Waals surface area (Å²) in [6, 6.07) is 0. The molecule has 1 N–H and O–H groups in total. The van der Waals surface area contributed by atoms with Crippen LogP contribution >= 0.6 is 0 Å². The topological polar surface area (TPSA) is 54.4 Å². The smallest absolute Gasteiger partial charge is 0.279 e. The van der Waals surface area contributed by atoms with Crippen molar-refractivity contribution in [2.45, 2.75) is 5.51 Å². The maximum atomic E-state index is 10.7. The summed E-state index contributed by atoms with van der Waals surface area (Å²) in [4.78, 5) is 0. The Morgan fingerprint density at radius 2 is 0.625 bits per heavy atom. The van der Waals surface area contributed by atoms with Gasteiger partial charge in [-0.3, -0.25) is 4.55 Å². The quantitative estimate of drug-likeness (QED) is 0.352. The summed E-state index contributed by atoms with van der Waals surface area (Å²) < 4.78 is 57.5. The van der Waals surface area contributed by atoms with Gasteiger partial charge in [0.15, 0.2) is 0 Å². The van der Waals surface area contributed by atoms with Crippen LogP contribution in [-0.2, 0) is 10.1 Å². The van der Waals surface area contributed by atoms with Gasteiger partial charge < -0.3 is 0 Å². The van der Waals surface area contributed by atoms with Crippen molar-refractivity contribution in [1.29, 1.82) is 0 Å². The van der Waals surface area contributed by atoms with Crippen molar-refractivity contribution < 1.29 is 57.3 Å². The van der Waals surface area contributed by atoms with E-state index in [9.17, 15) is 13.2 Å². The Bertz CT molecular complexity index is 315. The van der Waals surface area contributed by atoms with Gasteiger partial charge in [0.05, 0.1) is 0 Å². The molecule has 8 heteroatoms. The second-order valence-corrected chi connectivity index (χ2v) is 5.22. The van der Waals surface area contributed by atoms with E-state index in [1.807, 2.05) is 96.3 Å². The average Bonchev–Trinajstić information content (AvgIpc) is 3.24. The molecular formula is C16H16F3O3SU. The molecule has 24 heavy (non-hydrogen) atoms. The molecule has 3 fully saturated rings. The van der Waals surface area contributed by atoms with Crippen molar-refractivity contribution >= 4 is 10.1 Å². The molecule has 0 aliphatic heterocycles. The van der Waals surface area contributed by atoms with E-state index in [1.165, 1.54) is 0 Å². The van der Waals surface area contributed by atoms with Crippen LogP contribution in [-0.4, -0.2) is 18.5 Å². The zero-order chi connectivity index (χ0) is 17.6. The first-order valence-corrected chi connectivity index (χ1v) is 7.73. The van der Waals surface area contributed by atoms with E-state index < -0.39 is 15.6 Å². The summed E-state index contributed by atoms with van der Waals surface area (Å²) >= 11 is 0. The second-order valence-electron chi connectivity index (χ2n) is 3.81. The summed E-state index contributed by atoms with van der Waals surface area (Å²) in [6.45, 7) is 0. The fourth-order valence-corrected chi connectivity index (χ4v) is 0.962. The van der Waals surface area contributed by atoms with E-state index in [2.05, 4.69) is 0 Å². The van der Waals surface area contributed by atoms with Crippen LogP contribution in [0.4, 0.5) is 13.2 Å². The first-order valence-electron chi connectivity index (χ1n) is 6.29. The molecule has 3 aliphatic rings. The van der Waals surface area contributed by atoms with Crippen molar-refractivity contribution in [3.05, 3.63) is 96.3 Å². The SMILES string of the molecule is O=S(=O)(O)C(F)(F)F.[CH]1[CH][CH][CH][CH]1.[CH]1[CH][CH][CH][CH]1.[CH]1[CH][CH][CH][CH]1.[U]. The van der Waals surface area contributed by atoms with Crippen molar-refractivity contribution in [2.75, 3.05) is 0 Å². The third-order valence-corrected chi connectivity index (χ3v) is 2.54. The Morgan fingerprint density at radius 3 is 0.667 bits per heavy atom. The minimum atomic E-state index is -5.84. The third-order valence-electron chi connectivity index (χ3n) is 1.96. The average molecular weight is 583 g/mol. The number of hydrogen-bond donors (Lipinski definition) is 1. The molecule has 0 atom stereocenters. The molecular weight excluding hydrogens is 567 g/mol. The molecule has 0 aromatic heterocycles. The Kier molecular flexibility index (Phi) is 17.9. The van der Waals surface area contributed by atoms with Crippen LogP contribution in [0.1, 0.15) is 0 Å². The van der Waals surface area contributed by atoms with E-state index in [4.69, 9.17) is 13.0 Å². The normalized spacial score (nSPS) is 19.7. The van der Waals surface area contributed by atoms with E-state index >= 15 is 0 Å². The summed E-state index contributed by atoms with van der Waals surface area (Å²) in [6.07, 6.45) is 30.0. The van der Waals surface area contributed by atoms with Gasteiger partial charge in [-0.15, -0.1) is 0 Å². The van der Waals surface area contributed by atoms with Crippen molar-refractivity contribution in [1.82, 2.24) is 0 Å². The summed E-state index contributed by atoms with van der Waals surface area (Å²) in [5.41, 5.74) is -5.53. The predicted octanol–water partition coefficient (Wildman–Crippen LogP) is 3.46. The van der Waals surface area contributed by atoms with Crippen LogP contribution in [0.25, 0.3) is 0 Å². The van der Waals surface area contributed by atoms with Crippen LogP contribution in [0.3, 0.4) is 0 Å². The number of rotatable bonds is 0. The molecule has 0 aromatic rings. The number of hydrogen-bond acceptors (Lipinski definition) is 2. The van der Waals surface area contributed by atoms with Gasteiger partial charge in [0, 0.05) is 31.1 Å². The van der Waals surface area contributed by atoms with Crippen molar-refractivity contribution in [3.63, 3.8) is 0 Å². The molecule has 129 valence electrons. The van der Waals surface area contributed by atoms with Gasteiger partial charge in [-0.05, 0) is 96.3 Å². The Hall–Kier alpha value is 0.752. The molecule has 3 saturated carbocycles. The molecule has 0 heterocycles. The maximum Gasteiger partial charge on any atom is 0.522 e. The Morgan fingerprint density at radius 1 is 0.542 bits per heavy atom. The minimum absolute atomic E-state index is 0. The first kappa shape index (κ1) is 27.0. The number of alkyl halides is 3. The molecule has 3 aliphatic carbocycles. The van der Waals surface area contributed by atoms with Gasteiger partial charge in [-0.1, -0.05) is 0 Å². The van der Waals surface area contributed by atoms with Gasteiger partial charge in [-0.25, -0.2) is 0 Å². The van der Waals surface area contributed by atoms with E-state index in [1.54, 1.807) is 0 Å². The Balaban J connectivity index is 0. The summed E-state index contributed by atoms with van der Waals surface area (Å²) in [7, 11) is -5.84. The molecule has 0 aromatic carbocycles. The largest absolute Gasteiger partial charge is 0.522 e. The Labute approximate surface area is 168 Å². The fraction of sp³-hybridized carbons (Fsp3) is 0.0625. The van der Waals surface area contributed by atoms with Crippen LogP contribution in [0, 0.1) is 127 Å². The summed E-state index contributed by atoms with van der Waals surface area (Å²) in [5.74, 6) is 0. The fourth-order valence-electron chi connectivity index (χ4n) is 0.962. The molecule has 0 saturated heterocycles. The molecule has 3 nitrogen and oxygen atoms in total. The van der Waals surface area contributed by atoms with Gasteiger partial charge in [0.2, 0.25) is 0 Å². The number of halogens is 3. The van der Waals surface area contributed by atoms with E-state index in [0.29, 0.717) is 0 Å². The third kappa shape index (κ3) is 17.6. The predicted molar refractivity (Wildman–Crippen MR) is 82.1 cm³/mol.